The molecule has 0 saturated carbocycles. The first-order valence-electron chi connectivity index (χ1n) is 9.90. The number of nitrogens with zero attached hydrogens (tertiary/aromatic N) is 2. The lowest BCUT2D eigenvalue weighted by Gasteiger charge is -2.15. The molecule has 0 atom stereocenters. The molecule has 1 fully saturated rings. The van der Waals surface area contributed by atoms with E-state index in [1.807, 2.05) is 35.2 Å². The predicted molar refractivity (Wildman–Crippen MR) is 117 cm³/mol. The van der Waals surface area contributed by atoms with E-state index in [-0.39, 0.29) is 11.7 Å². The number of thiophene rings is 1. The molecule has 3 heterocycles. The molecule has 150 valence electrons. The molecule has 1 aliphatic rings. The lowest BCUT2D eigenvalue weighted by atomic mass is 10.1. The smallest absolute Gasteiger partial charge is 0.253 e. The number of likely N-dealkylation sites (tertiary alicyclic amines) is 1. The molecule has 4 nitrogen and oxygen atoms in total. The van der Waals surface area contributed by atoms with Gasteiger partial charge in [0.25, 0.3) is 5.91 Å². The highest BCUT2D eigenvalue weighted by Crippen LogP contribution is 2.39. The number of para-hydroxylation sites is 1. The molecule has 0 bridgehead atoms. The monoisotopic (exact) mass is 418 g/mol. The third-order valence-electron chi connectivity index (χ3n) is 5.24. The van der Waals surface area contributed by atoms with E-state index in [9.17, 15) is 9.18 Å². The van der Waals surface area contributed by atoms with Crippen LogP contribution in [0.3, 0.4) is 0 Å². The standard InChI is InChI=1S/C24H19FN2O2S/c25-18-5-1-2-6-20(18)29-21-11-12-26-19-15-22(30-23(19)21)16-7-9-17(10-8-16)24(28)27-13-3-4-14-27/h1-2,5-12,15H,3-4,13-14H2. The summed E-state index contributed by atoms with van der Waals surface area (Å²) in [7, 11) is 0. The average molecular weight is 418 g/mol. The van der Waals surface area contributed by atoms with Crippen LogP contribution in [0.5, 0.6) is 11.5 Å². The van der Waals surface area contributed by atoms with Gasteiger partial charge in [0.15, 0.2) is 11.6 Å². The van der Waals surface area contributed by atoms with Crippen LogP contribution in [0.25, 0.3) is 20.7 Å². The number of rotatable bonds is 4. The fraction of sp³-hybridized carbons (Fsp3) is 0.167. The number of hydrogen-bond donors (Lipinski definition) is 0. The fourth-order valence-corrected chi connectivity index (χ4v) is 4.73. The minimum atomic E-state index is -0.405. The quantitative estimate of drug-likeness (QED) is 0.400. The summed E-state index contributed by atoms with van der Waals surface area (Å²) >= 11 is 1.54. The molecular weight excluding hydrogens is 399 g/mol. The zero-order valence-electron chi connectivity index (χ0n) is 16.2. The number of amides is 1. The second kappa shape index (κ2) is 7.88. The van der Waals surface area contributed by atoms with E-state index < -0.39 is 5.82 Å². The van der Waals surface area contributed by atoms with Crippen LogP contribution in [0.2, 0.25) is 0 Å². The second-order valence-corrected chi connectivity index (χ2v) is 8.30. The highest BCUT2D eigenvalue weighted by molar-refractivity contribution is 7.22. The number of ether oxygens (including phenoxy) is 1. The Morgan fingerprint density at radius 3 is 2.53 bits per heavy atom. The Labute approximate surface area is 177 Å². The molecule has 30 heavy (non-hydrogen) atoms. The van der Waals surface area contributed by atoms with E-state index in [0.717, 1.165) is 46.6 Å². The first-order valence-corrected chi connectivity index (χ1v) is 10.7. The van der Waals surface area contributed by atoms with Crippen molar-refractivity contribution in [3.05, 3.63) is 78.2 Å². The molecule has 0 radical (unpaired) electrons. The van der Waals surface area contributed by atoms with Gasteiger partial charge in [0.2, 0.25) is 0 Å². The number of benzene rings is 2. The van der Waals surface area contributed by atoms with Gasteiger partial charge in [-0.3, -0.25) is 9.78 Å². The Kier molecular flexibility index (Phi) is 4.93. The maximum Gasteiger partial charge on any atom is 0.253 e. The van der Waals surface area contributed by atoms with Crippen LogP contribution in [0.4, 0.5) is 4.39 Å². The number of hydrogen-bond acceptors (Lipinski definition) is 4. The van der Waals surface area contributed by atoms with Crippen molar-refractivity contribution in [2.45, 2.75) is 12.8 Å². The molecule has 0 spiro atoms. The van der Waals surface area contributed by atoms with Gasteiger partial charge in [-0.15, -0.1) is 11.3 Å². The zero-order chi connectivity index (χ0) is 20.5. The van der Waals surface area contributed by atoms with Gasteiger partial charge in [0.05, 0.1) is 10.2 Å². The maximum absolute atomic E-state index is 14.0. The molecule has 4 aromatic rings. The van der Waals surface area contributed by atoms with Gasteiger partial charge in [0.1, 0.15) is 5.75 Å². The Hall–Kier alpha value is -3.25. The van der Waals surface area contributed by atoms with Gasteiger partial charge in [-0.2, -0.15) is 0 Å². The number of halogens is 1. The second-order valence-electron chi connectivity index (χ2n) is 7.24. The summed E-state index contributed by atoms with van der Waals surface area (Å²) in [4.78, 5) is 19.9. The SMILES string of the molecule is O=C(c1ccc(-c2cc3nccc(Oc4ccccc4F)c3s2)cc1)N1CCCC1. The molecule has 0 aliphatic carbocycles. The molecule has 6 heteroatoms. The van der Waals surface area contributed by atoms with E-state index in [2.05, 4.69) is 4.98 Å². The van der Waals surface area contributed by atoms with Crippen molar-refractivity contribution in [1.82, 2.24) is 9.88 Å². The molecule has 1 aliphatic heterocycles. The molecular formula is C24H19FN2O2S. The van der Waals surface area contributed by atoms with Crippen LogP contribution in [0, 0.1) is 5.82 Å². The summed E-state index contributed by atoms with van der Waals surface area (Å²) in [5.74, 6) is 0.446. The first kappa shape index (κ1) is 18.8. The highest BCUT2D eigenvalue weighted by Gasteiger charge is 2.19. The number of fused-ring (bicyclic) bond motifs is 1. The van der Waals surface area contributed by atoms with Crippen LogP contribution < -0.4 is 4.74 Å². The third-order valence-corrected chi connectivity index (χ3v) is 6.43. The van der Waals surface area contributed by atoms with Crippen LogP contribution in [-0.2, 0) is 0 Å². The van der Waals surface area contributed by atoms with E-state index in [1.54, 1.807) is 30.5 Å². The van der Waals surface area contributed by atoms with Crippen molar-refractivity contribution in [2.75, 3.05) is 13.1 Å². The summed E-state index contributed by atoms with van der Waals surface area (Å²) in [5, 5.41) is 0. The predicted octanol–water partition coefficient (Wildman–Crippen LogP) is 6.13. The van der Waals surface area contributed by atoms with Crippen molar-refractivity contribution in [2.24, 2.45) is 0 Å². The summed E-state index contributed by atoms with van der Waals surface area (Å²) < 4.78 is 20.7. The van der Waals surface area contributed by atoms with Crippen molar-refractivity contribution in [3.8, 4) is 21.9 Å². The Bertz CT molecular complexity index is 1210. The van der Waals surface area contributed by atoms with Gasteiger partial charge in [-0.25, -0.2) is 4.39 Å². The summed E-state index contributed by atoms with van der Waals surface area (Å²) in [6.07, 6.45) is 3.82. The Morgan fingerprint density at radius 2 is 1.77 bits per heavy atom. The van der Waals surface area contributed by atoms with E-state index >= 15 is 0 Å². The molecule has 0 N–H and O–H groups in total. The molecule has 2 aromatic carbocycles. The number of aromatic nitrogens is 1. The summed E-state index contributed by atoms with van der Waals surface area (Å²) in [6.45, 7) is 1.68. The van der Waals surface area contributed by atoms with E-state index in [4.69, 9.17) is 4.74 Å². The highest BCUT2D eigenvalue weighted by atomic mass is 32.1. The molecule has 2 aromatic heterocycles. The van der Waals surface area contributed by atoms with Gasteiger partial charge in [0, 0.05) is 35.8 Å². The van der Waals surface area contributed by atoms with Crippen LogP contribution in [-0.4, -0.2) is 28.9 Å². The summed E-state index contributed by atoms with van der Waals surface area (Å²) in [6, 6.07) is 17.8. The van der Waals surface area contributed by atoms with Crippen LogP contribution in [0.15, 0.2) is 66.9 Å². The van der Waals surface area contributed by atoms with Crippen LogP contribution >= 0.6 is 11.3 Å². The van der Waals surface area contributed by atoms with E-state index in [1.165, 1.54) is 17.4 Å². The van der Waals surface area contributed by atoms with Gasteiger partial charge < -0.3 is 9.64 Å². The van der Waals surface area contributed by atoms with Crippen molar-refractivity contribution in [3.63, 3.8) is 0 Å². The largest absolute Gasteiger partial charge is 0.453 e. The third kappa shape index (κ3) is 3.55. The lowest BCUT2D eigenvalue weighted by Crippen LogP contribution is -2.27. The van der Waals surface area contributed by atoms with Gasteiger partial charge >= 0.3 is 0 Å². The zero-order valence-corrected chi connectivity index (χ0v) is 17.0. The molecule has 1 amide bonds. The minimum absolute atomic E-state index is 0.0950. The average Bonchev–Trinajstić information content (AvgIpc) is 3.46. The van der Waals surface area contributed by atoms with Crippen molar-refractivity contribution >= 4 is 27.5 Å². The molecule has 1 saturated heterocycles. The minimum Gasteiger partial charge on any atom is -0.453 e. The lowest BCUT2D eigenvalue weighted by molar-refractivity contribution is 0.0793. The molecule has 0 unspecified atom stereocenters. The number of carbonyl (C=O) groups is 1. The Balaban J connectivity index is 1.44. The van der Waals surface area contributed by atoms with Crippen molar-refractivity contribution in [1.29, 1.82) is 0 Å². The van der Waals surface area contributed by atoms with Gasteiger partial charge in [-0.05, 0) is 48.7 Å². The number of pyridine rings is 1. The normalized spacial score (nSPS) is 13.7. The summed E-state index contributed by atoms with van der Waals surface area (Å²) in [5.41, 5.74) is 2.51. The van der Waals surface area contributed by atoms with Gasteiger partial charge in [-0.1, -0.05) is 24.3 Å². The topological polar surface area (TPSA) is 42.4 Å². The fourth-order valence-electron chi connectivity index (χ4n) is 3.66. The van der Waals surface area contributed by atoms with Crippen molar-refractivity contribution < 1.29 is 13.9 Å². The van der Waals surface area contributed by atoms with Crippen LogP contribution in [0.1, 0.15) is 23.2 Å². The first-order chi connectivity index (χ1) is 14.7. The maximum atomic E-state index is 14.0. The molecule has 5 rings (SSSR count). The van der Waals surface area contributed by atoms with E-state index in [0.29, 0.717) is 11.3 Å². The number of carbonyl (C=O) groups excluding carboxylic acids is 1. The Morgan fingerprint density at radius 1 is 1.00 bits per heavy atom.